The topological polar surface area (TPSA) is 113 Å². The molecule has 0 saturated carbocycles. The van der Waals surface area contributed by atoms with Crippen LogP contribution in [0.2, 0.25) is 0 Å². The Hall–Kier alpha value is -1.90. The Bertz CT molecular complexity index is 699. The van der Waals surface area contributed by atoms with Crippen molar-refractivity contribution < 1.29 is 41.8 Å². The Kier molecular flexibility index (Phi) is 10.4. The Morgan fingerprint density at radius 3 is 2.34 bits per heavy atom. The second kappa shape index (κ2) is 11.9. The van der Waals surface area contributed by atoms with Crippen LogP contribution in [0.3, 0.4) is 0 Å². The van der Waals surface area contributed by atoms with E-state index in [0.29, 0.717) is 19.3 Å². The van der Waals surface area contributed by atoms with Crippen LogP contribution in [0.25, 0.3) is 0 Å². The number of carbonyl (C=O) groups is 2. The molecule has 7 nitrogen and oxygen atoms in total. The van der Waals surface area contributed by atoms with E-state index in [1.807, 2.05) is 30.3 Å². The lowest BCUT2D eigenvalue weighted by atomic mass is 10.1. The van der Waals surface area contributed by atoms with Crippen LogP contribution >= 0.6 is 7.60 Å². The number of benzene rings is 1. The number of hydrogen-bond donors (Lipinski definition) is 3. The molecule has 1 rings (SSSR count). The van der Waals surface area contributed by atoms with E-state index in [4.69, 9.17) is 9.63 Å². The average Bonchev–Trinajstić information content (AvgIpc) is 2.63. The van der Waals surface area contributed by atoms with E-state index in [2.05, 4.69) is 0 Å². The molecular weight excluding hydrogens is 414 g/mol. The monoisotopic (exact) mass is 439 g/mol. The number of aliphatic carboxylic acids is 1. The molecule has 3 N–H and O–H groups in total. The number of carboxylic acid groups (broad SMARTS) is 1. The molecule has 164 valence electrons. The molecule has 1 aromatic carbocycles. The van der Waals surface area contributed by atoms with Crippen LogP contribution < -0.4 is 5.32 Å². The molecule has 0 aliphatic heterocycles. The fraction of sp³-hybridized carbons (Fsp3) is 0.556. The Morgan fingerprint density at radius 1 is 1.10 bits per heavy atom. The first-order valence-electron chi connectivity index (χ1n) is 9.13. The van der Waals surface area contributed by atoms with Gasteiger partial charge in [-0.05, 0) is 44.1 Å². The number of unbranched alkanes of at least 4 members (excludes halogenated alkanes) is 2. The fourth-order valence-corrected chi connectivity index (χ4v) is 3.84. The van der Waals surface area contributed by atoms with Crippen molar-refractivity contribution >= 4 is 19.5 Å². The molecule has 0 saturated heterocycles. The molecule has 11 heteroatoms. The predicted molar refractivity (Wildman–Crippen MR) is 99.5 cm³/mol. The maximum absolute atomic E-state index is 12.1. The predicted octanol–water partition coefficient (Wildman–Crippen LogP) is 3.51. The molecule has 2 atom stereocenters. The van der Waals surface area contributed by atoms with Crippen molar-refractivity contribution in [1.29, 1.82) is 0 Å². The van der Waals surface area contributed by atoms with Crippen LogP contribution in [0.4, 0.5) is 13.2 Å². The van der Waals surface area contributed by atoms with E-state index in [1.165, 1.54) is 0 Å². The van der Waals surface area contributed by atoms with Gasteiger partial charge in [0.05, 0.1) is 6.16 Å². The Balaban J connectivity index is 2.32. The van der Waals surface area contributed by atoms with Crippen LogP contribution in [-0.2, 0) is 25.1 Å². The molecule has 29 heavy (non-hydrogen) atoms. The van der Waals surface area contributed by atoms with Gasteiger partial charge in [0, 0.05) is 6.54 Å². The molecule has 2 unspecified atom stereocenters. The van der Waals surface area contributed by atoms with Crippen molar-refractivity contribution in [2.75, 3.05) is 12.7 Å². The number of hydrogen-bond acceptors (Lipinski definition) is 4. The van der Waals surface area contributed by atoms with Gasteiger partial charge in [-0.15, -0.1) is 0 Å². The van der Waals surface area contributed by atoms with Gasteiger partial charge in [-0.25, -0.2) is 4.79 Å². The standard InChI is InChI=1S/C18H25F3NO6P/c19-18(20,21)17(25)22-12-6-4-11-15(16(23)24)28-29(26,27)13-7-5-10-14-8-2-1-3-9-14/h1-3,8-9,15H,4-7,10-13H2,(H,22,25)(H,23,24)(H,26,27). The number of halogens is 3. The number of nitrogens with one attached hydrogen (secondary N) is 1. The highest BCUT2D eigenvalue weighted by Gasteiger charge is 2.38. The third-order valence-corrected chi connectivity index (χ3v) is 5.47. The second-order valence-corrected chi connectivity index (χ2v) is 8.42. The highest BCUT2D eigenvalue weighted by atomic mass is 31.2. The molecule has 0 radical (unpaired) electrons. The van der Waals surface area contributed by atoms with Crippen LogP contribution in [-0.4, -0.2) is 46.9 Å². The summed E-state index contributed by atoms with van der Waals surface area (Å²) < 4.78 is 53.1. The highest BCUT2D eigenvalue weighted by Crippen LogP contribution is 2.45. The van der Waals surface area contributed by atoms with Gasteiger partial charge in [0.1, 0.15) is 0 Å². The van der Waals surface area contributed by atoms with Crippen molar-refractivity contribution in [2.45, 2.75) is 50.8 Å². The number of aryl methyl sites for hydroxylation is 1. The number of carboxylic acids is 1. The van der Waals surface area contributed by atoms with E-state index in [0.717, 1.165) is 5.56 Å². The number of alkyl halides is 3. The van der Waals surface area contributed by atoms with Gasteiger partial charge in [-0.1, -0.05) is 30.3 Å². The summed E-state index contributed by atoms with van der Waals surface area (Å²) in [5.74, 6) is -3.50. The van der Waals surface area contributed by atoms with Gasteiger partial charge in [0.2, 0.25) is 0 Å². The lowest BCUT2D eigenvalue weighted by molar-refractivity contribution is -0.173. The zero-order chi connectivity index (χ0) is 21.9. The van der Waals surface area contributed by atoms with Crippen molar-refractivity contribution in [3.8, 4) is 0 Å². The van der Waals surface area contributed by atoms with Crippen molar-refractivity contribution in [2.24, 2.45) is 0 Å². The number of rotatable bonds is 13. The molecule has 0 bridgehead atoms. The summed E-state index contributed by atoms with van der Waals surface area (Å²) in [6, 6.07) is 9.54. The first kappa shape index (κ1) is 25.1. The minimum atomic E-state index is -4.98. The van der Waals surface area contributed by atoms with Gasteiger partial charge < -0.3 is 15.3 Å². The normalized spacial score (nSPS) is 14.8. The van der Waals surface area contributed by atoms with E-state index in [1.54, 1.807) is 5.32 Å². The number of amides is 1. The van der Waals surface area contributed by atoms with E-state index in [9.17, 15) is 32.2 Å². The highest BCUT2D eigenvalue weighted by molar-refractivity contribution is 7.52. The van der Waals surface area contributed by atoms with Crippen LogP contribution in [0.1, 0.15) is 37.7 Å². The van der Waals surface area contributed by atoms with Gasteiger partial charge in [-0.3, -0.25) is 13.9 Å². The zero-order valence-electron chi connectivity index (χ0n) is 15.7. The van der Waals surface area contributed by atoms with E-state index >= 15 is 0 Å². The largest absolute Gasteiger partial charge is 0.479 e. The summed E-state index contributed by atoms with van der Waals surface area (Å²) in [5.41, 5.74) is 1.09. The van der Waals surface area contributed by atoms with E-state index < -0.39 is 31.8 Å². The van der Waals surface area contributed by atoms with Crippen LogP contribution in [0.15, 0.2) is 30.3 Å². The van der Waals surface area contributed by atoms with Gasteiger partial charge in [0.15, 0.2) is 6.10 Å². The molecule has 0 aliphatic carbocycles. The fourth-order valence-electron chi connectivity index (χ4n) is 2.52. The van der Waals surface area contributed by atoms with Gasteiger partial charge in [0.25, 0.3) is 0 Å². The lowest BCUT2D eigenvalue weighted by Gasteiger charge is -2.18. The molecular formula is C18H25F3NO6P. The quantitative estimate of drug-likeness (QED) is 0.320. The molecule has 0 spiro atoms. The van der Waals surface area contributed by atoms with Crippen molar-refractivity contribution in [1.82, 2.24) is 5.32 Å². The third-order valence-electron chi connectivity index (χ3n) is 4.00. The summed E-state index contributed by atoms with van der Waals surface area (Å²) in [6.07, 6.45) is -4.98. The zero-order valence-corrected chi connectivity index (χ0v) is 16.6. The minimum Gasteiger partial charge on any atom is -0.479 e. The second-order valence-electron chi connectivity index (χ2n) is 6.49. The summed E-state index contributed by atoms with van der Waals surface area (Å²) in [5, 5.41) is 10.8. The summed E-state index contributed by atoms with van der Waals surface area (Å²) in [7, 11) is -4.12. The SMILES string of the molecule is O=C(O)C(CCCCNC(=O)C(F)(F)F)OP(=O)(O)CCCCc1ccccc1. The molecule has 1 aromatic rings. The van der Waals surface area contributed by atoms with Crippen LogP contribution in [0, 0.1) is 0 Å². The van der Waals surface area contributed by atoms with Gasteiger partial charge in [-0.2, -0.15) is 13.2 Å². The summed E-state index contributed by atoms with van der Waals surface area (Å²) >= 11 is 0. The molecule has 0 aromatic heterocycles. The smallest absolute Gasteiger partial charge is 0.471 e. The van der Waals surface area contributed by atoms with Crippen molar-refractivity contribution in [3.05, 3.63) is 35.9 Å². The molecule has 0 aliphatic rings. The summed E-state index contributed by atoms with van der Waals surface area (Å²) in [6.45, 7) is -0.291. The Labute approximate surface area is 166 Å². The maximum atomic E-state index is 12.1. The third kappa shape index (κ3) is 11.0. The maximum Gasteiger partial charge on any atom is 0.471 e. The average molecular weight is 439 g/mol. The molecule has 0 fully saturated rings. The summed E-state index contributed by atoms with van der Waals surface area (Å²) in [4.78, 5) is 31.8. The van der Waals surface area contributed by atoms with Crippen molar-refractivity contribution in [3.63, 3.8) is 0 Å². The Morgan fingerprint density at radius 2 is 1.76 bits per heavy atom. The lowest BCUT2D eigenvalue weighted by Crippen LogP contribution is -2.37. The van der Waals surface area contributed by atoms with Crippen LogP contribution in [0.5, 0.6) is 0 Å². The minimum absolute atomic E-state index is 0.0712. The first-order chi connectivity index (χ1) is 13.5. The van der Waals surface area contributed by atoms with Gasteiger partial charge >= 0.3 is 25.6 Å². The van der Waals surface area contributed by atoms with E-state index in [-0.39, 0.29) is 32.0 Å². The number of carbonyl (C=O) groups excluding carboxylic acids is 1. The first-order valence-corrected chi connectivity index (χ1v) is 10.9. The molecule has 1 amide bonds. The molecule has 0 heterocycles.